The first-order valence-corrected chi connectivity index (χ1v) is 7.35. The van der Waals surface area contributed by atoms with E-state index in [-0.39, 0.29) is 18.0 Å². The van der Waals surface area contributed by atoms with Crippen LogP contribution < -0.4 is 10.1 Å². The summed E-state index contributed by atoms with van der Waals surface area (Å²) in [4.78, 5) is 0. The highest BCUT2D eigenvalue weighted by atomic mass is 79.9. The molecule has 0 spiro atoms. The van der Waals surface area contributed by atoms with Crippen LogP contribution in [-0.2, 0) is 0 Å². The maximum absolute atomic E-state index is 13.0. The number of hydrogen-bond acceptors (Lipinski definition) is 2. The summed E-state index contributed by atoms with van der Waals surface area (Å²) in [7, 11) is 1.95. The van der Waals surface area contributed by atoms with Crippen molar-refractivity contribution in [3.63, 3.8) is 0 Å². The third-order valence-electron chi connectivity index (χ3n) is 3.66. The van der Waals surface area contributed by atoms with Gasteiger partial charge in [-0.3, -0.25) is 0 Å². The van der Waals surface area contributed by atoms with Crippen molar-refractivity contribution in [3.05, 3.63) is 63.9 Å². The van der Waals surface area contributed by atoms with E-state index in [1.54, 1.807) is 12.1 Å². The van der Waals surface area contributed by atoms with E-state index in [0.717, 1.165) is 27.8 Å². The van der Waals surface area contributed by atoms with Gasteiger partial charge in [0.1, 0.15) is 17.7 Å². The molecule has 104 valence electrons. The first-order valence-electron chi connectivity index (χ1n) is 6.56. The van der Waals surface area contributed by atoms with Gasteiger partial charge in [0, 0.05) is 22.5 Å². The second-order valence-electron chi connectivity index (χ2n) is 4.92. The average Bonchev–Trinajstić information content (AvgIpc) is 2.47. The van der Waals surface area contributed by atoms with Gasteiger partial charge in [-0.05, 0) is 42.9 Å². The lowest BCUT2D eigenvalue weighted by atomic mass is 9.93. The minimum atomic E-state index is -0.223. The van der Waals surface area contributed by atoms with Gasteiger partial charge in [-0.15, -0.1) is 0 Å². The first-order chi connectivity index (χ1) is 9.67. The molecule has 0 radical (unpaired) electrons. The molecule has 0 fully saturated rings. The van der Waals surface area contributed by atoms with Crippen LogP contribution in [0.4, 0.5) is 4.39 Å². The summed E-state index contributed by atoms with van der Waals surface area (Å²) in [6.45, 7) is 0. The summed E-state index contributed by atoms with van der Waals surface area (Å²) in [6.07, 6.45) is 0.771. The fraction of sp³-hybridized carbons (Fsp3) is 0.250. The largest absolute Gasteiger partial charge is 0.485 e. The zero-order valence-corrected chi connectivity index (χ0v) is 12.7. The van der Waals surface area contributed by atoms with E-state index in [0.29, 0.717) is 0 Å². The van der Waals surface area contributed by atoms with Crippen LogP contribution in [0, 0.1) is 5.82 Å². The number of fused-ring (bicyclic) bond motifs is 1. The topological polar surface area (TPSA) is 21.3 Å². The van der Waals surface area contributed by atoms with Crippen molar-refractivity contribution >= 4 is 15.9 Å². The van der Waals surface area contributed by atoms with Gasteiger partial charge >= 0.3 is 0 Å². The summed E-state index contributed by atoms with van der Waals surface area (Å²) in [5, 5.41) is 3.32. The van der Waals surface area contributed by atoms with Gasteiger partial charge in [-0.1, -0.05) is 28.1 Å². The Balaban J connectivity index is 1.94. The van der Waals surface area contributed by atoms with Crippen LogP contribution in [0.2, 0.25) is 0 Å². The molecule has 0 amide bonds. The molecule has 0 saturated carbocycles. The molecule has 0 saturated heterocycles. The van der Waals surface area contributed by atoms with E-state index < -0.39 is 0 Å². The second-order valence-corrected chi connectivity index (χ2v) is 5.83. The Kier molecular flexibility index (Phi) is 3.76. The van der Waals surface area contributed by atoms with E-state index in [2.05, 4.69) is 27.3 Å². The molecule has 2 atom stereocenters. The molecule has 1 heterocycles. The fourth-order valence-electron chi connectivity index (χ4n) is 2.60. The van der Waals surface area contributed by atoms with E-state index >= 15 is 0 Å². The van der Waals surface area contributed by atoms with Gasteiger partial charge in [-0.2, -0.15) is 0 Å². The van der Waals surface area contributed by atoms with Gasteiger partial charge in [0.15, 0.2) is 0 Å². The number of ether oxygens (including phenoxy) is 1. The maximum Gasteiger partial charge on any atom is 0.126 e. The lowest BCUT2D eigenvalue weighted by Gasteiger charge is -2.32. The lowest BCUT2D eigenvalue weighted by Crippen LogP contribution is -2.26. The molecule has 1 N–H and O–H groups in total. The van der Waals surface area contributed by atoms with Crippen molar-refractivity contribution < 1.29 is 9.13 Å². The average molecular weight is 336 g/mol. The summed E-state index contributed by atoms with van der Waals surface area (Å²) in [6, 6.07) is 12.8. The van der Waals surface area contributed by atoms with Crippen molar-refractivity contribution in [2.45, 2.75) is 18.6 Å². The van der Waals surface area contributed by atoms with E-state index in [1.165, 1.54) is 12.1 Å². The smallest absolute Gasteiger partial charge is 0.126 e. The van der Waals surface area contributed by atoms with E-state index in [1.807, 2.05) is 19.2 Å². The zero-order valence-electron chi connectivity index (χ0n) is 11.1. The van der Waals surface area contributed by atoms with Gasteiger partial charge < -0.3 is 10.1 Å². The van der Waals surface area contributed by atoms with Crippen molar-refractivity contribution in [2.75, 3.05) is 7.05 Å². The minimum absolute atomic E-state index is 0.0540. The van der Waals surface area contributed by atoms with Crippen LogP contribution in [0.15, 0.2) is 46.9 Å². The van der Waals surface area contributed by atoms with Crippen LogP contribution in [0.1, 0.15) is 29.7 Å². The van der Waals surface area contributed by atoms with E-state index in [9.17, 15) is 4.39 Å². The monoisotopic (exact) mass is 335 g/mol. The highest BCUT2D eigenvalue weighted by molar-refractivity contribution is 9.10. The van der Waals surface area contributed by atoms with Gasteiger partial charge in [-0.25, -0.2) is 4.39 Å². The molecule has 2 nitrogen and oxygen atoms in total. The Morgan fingerprint density at radius 1 is 1.20 bits per heavy atom. The summed E-state index contributed by atoms with van der Waals surface area (Å²) in [5.41, 5.74) is 2.15. The summed E-state index contributed by atoms with van der Waals surface area (Å²) in [5.74, 6) is 0.659. The predicted octanol–water partition coefficient (Wildman–Crippen LogP) is 4.37. The Bertz CT molecular complexity index is 614. The Morgan fingerprint density at radius 2 is 1.95 bits per heavy atom. The zero-order chi connectivity index (χ0) is 14.1. The molecule has 0 aliphatic carbocycles. The predicted molar refractivity (Wildman–Crippen MR) is 80.3 cm³/mol. The number of halogens is 2. The molecule has 0 aromatic heterocycles. The molecule has 4 heteroatoms. The first kappa shape index (κ1) is 13.6. The SMILES string of the molecule is CNC1CC(c2ccc(F)cc2)Oc2ccc(Br)cc21. The third-order valence-corrected chi connectivity index (χ3v) is 4.15. The number of benzene rings is 2. The summed E-state index contributed by atoms with van der Waals surface area (Å²) < 4.78 is 20.1. The van der Waals surface area contributed by atoms with Crippen LogP contribution in [0.25, 0.3) is 0 Å². The van der Waals surface area contributed by atoms with Gasteiger partial charge in [0.25, 0.3) is 0 Å². The number of hydrogen-bond donors (Lipinski definition) is 1. The highest BCUT2D eigenvalue weighted by Crippen LogP contribution is 2.41. The van der Waals surface area contributed by atoms with Gasteiger partial charge in [0.05, 0.1) is 0 Å². The molecular weight excluding hydrogens is 321 g/mol. The molecule has 1 aliphatic heterocycles. The molecule has 0 bridgehead atoms. The van der Waals surface area contributed by atoms with Crippen LogP contribution in [0.5, 0.6) is 5.75 Å². The number of rotatable bonds is 2. The maximum atomic E-state index is 13.0. The lowest BCUT2D eigenvalue weighted by molar-refractivity contribution is 0.154. The summed E-state index contributed by atoms with van der Waals surface area (Å²) >= 11 is 3.49. The molecule has 1 aliphatic rings. The molecule has 2 aromatic rings. The molecule has 3 rings (SSSR count). The molecule has 2 aromatic carbocycles. The Hall–Kier alpha value is -1.39. The van der Waals surface area contributed by atoms with Crippen LogP contribution in [0.3, 0.4) is 0 Å². The number of nitrogens with one attached hydrogen (secondary N) is 1. The van der Waals surface area contributed by atoms with Crippen molar-refractivity contribution in [1.82, 2.24) is 5.32 Å². The van der Waals surface area contributed by atoms with Crippen molar-refractivity contribution in [3.8, 4) is 5.75 Å². The standard InChI is InChI=1S/C16H15BrFNO/c1-19-14-9-16(10-2-5-12(18)6-3-10)20-15-7-4-11(17)8-13(14)15/h2-8,14,16,19H,9H2,1H3. The third kappa shape index (κ3) is 2.58. The Morgan fingerprint density at radius 3 is 2.65 bits per heavy atom. The normalized spacial score (nSPS) is 21.1. The van der Waals surface area contributed by atoms with Crippen molar-refractivity contribution in [1.29, 1.82) is 0 Å². The van der Waals surface area contributed by atoms with Crippen LogP contribution in [-0.4, -0.2) is 7.05 Å². The van der Waals surface area contributed by atoms with E-state index in [4.69, 9.17) is 4.74 Å². The second kappa shape index (κ2) is 5.54. The van der Waals surface area contributed by atoms with Crippen molar-refractivity contribution in [2.24, 2.45) is 0 Å². The van der Waals surface area contributed by atoms with Crippen LogP contribution >= 0.6 is 15.9 Å². The molecule has 2 unspecified atom stereocenters. The molecule has 20 heavy (non-hydrogen) atoms. The Labute approximate surface area is 126 Å². The van der Waals surface area contributed by atoms with Gasteiger partial charge in [0.2, 0.25) is 0 Å². The quantitative estimate of drug-likeness (QED) is 0.879. The highest BCUT2D eigenvalue weighted by Gasteiger charge is 2.28. The minimum Gasteiger partial charge on any atom is -0.485 e. The fourth-order valence-corrected chi connectivity index (χ4v) is 2.98. The molecular formula is C16H15BrFNO.